The highest BCUT2D eigenvalue weighted by Crippen LogP contribution is 2.28. The molecule has 4 rings (SSSR count). The van der Waals surface area contributed by atoms with Crippen LogP contribution in [0.2, 0.25) is 0 Å². The Bertz CT molecular complexity index is 1160. The zero-order valence-electron chi connectivity index (χ0n) is 16.6. The molecule has 1 aliphatic heterocycles. The Morgan fingerprint density at radius 2 is 2.06 bits per heavy atom. The summed E-state index contributed by atoms with van der Waals surface area (Å²) in [4.78, 5) is 16.1. The summed E-state index contributed by atoms with van der Waals surface area (Å²) in [5.74, 6) is -4.18. The van der Waals surface area contributed by atoms with Gasteiger partial charge in [-0.3, -0.25) is 4.79 Å². The first-order valence-corrected chi connectivity index (χ1v) is 9.51. The molecule has 1 aromatic carbocycles. The second kappa shape index (κ2) is 7.96. The molecule has 2 atom stereocenters. The molecular weight excluding hydrogens is 421 g/mol. The number of amides is 1. The van der Waals surface area contributed by atoms with Gasteiger partial charge in [0.05, 0.1) is 11.7 Å². The molecule has 3 heterocycles. The van der Waals surface area contributed by atoms with Gasteiger partial charge in [-0.15, -0.1) is 10.2 Å². The molecule has 2 radical (unpaired) electrons. The fraction of sp³-hybridized carbons (Fsp3) is 0.353. The van der Waals surface area contributed by atoms with Crippen molar-refractivity contribution in [3.05, 3.63) is 30.1 Å². The predicted molar refractivity (Wildman–Crippen MR) is 112 cm³/mol. The summed E-state index contributed by atoms with van der Waals surface area (Å²) in [6.07, 6.45) is 2.16. The molecule has 1 saturated heterocycles. The van der Waals surface area contributed by atoms with Gasteiger partial charge in [0.2, 0.25) is 5.95 Å². The molecule has 3 aromatic rings. The fourth-order valence-electron chi connectivity index (χ4n) is 3.26. The number of nitrogens with one attached hydrogen (secondary N) is 3. The largest absolute Gasteiger partial charge is 0.371 e. The molecule has 166 valence electrons. The van der Waals surface area contributed by atoms with Gasteiger partial charge < -0.3 is 42.1 Å². The highest BCUT2D eigenvalue weighted by molar-refractivity contribution is 6.13. The van der Waals surface area contributed by atoms with E-state index in [-0.39, 0.29) is 29.0 Å². The summed E-state index contributed by atoms with van der Waals surface area (Å²) < 4.78 is 0.644. The number of rotatable bonds is 7. The minimum absolute atomic E-state index is 0.0723. The van der Waals surface area contributed by atoms with Crippen LogP contribution in [0.15, 0.2) is 24.4 Å². The number of nitrogens with two attached hydrogens (primary N) is 1. The Kier molecular flexibility index (Phi) is 5.43. The Balaban J connectivity index is 1.64. The topological polar surface area (TPSA) is 217 Å². The first kappa shape index (κ1) is 21.9. The highest BCUT2D eigenvalue weighted by Gasteiger charge is 2.45. The van der Waals surface area contributed by atoms with E-state index in [1.807, 2.05) is 0 Å². The zero-order chi connectivity index (χ0) is 23.1. The van der Waals surface area contributed by atoms with Gasteiger partial charge in [-0.1, -0.05) is 0 Å². The third kappa shape index (κ3) is 4.06. The number of fused-ring (bicyclic) bond motifs is 1. The smallest absolute Gasteiger partial charge is 0.317 e. The standard InChI is InChI=1S/C17H20BN9O5/c18-16(29,17(30,31)32)27-11-2-1-9(5-8(11)6-21-27)22-14-12(13(19)28)25-26-15(24-14)23-10-3-4-20-7-10/h1-2,5-6,10,20,29-32H,3-4,7H2,(H2,19,28)(H2,22,23,24,26)/t10-,16?/m1/s1. The van der Waals surface area contributed by atoms with Crippen molar-refractivity contribution in [2.24, 2.45) is 5.73 Å². The molecule has 1 fully saturated rings. The van der Waals surface area contributed by atoms with E-state index in [0.29, 0.717) is 15.8 Å². The van der Waals surface area contributed by atoms with Crippen molar-refractivity contribution >= 4 is 42.1 Å². The third-order valence-corrected chi connectivity index (χ3v) is 4.96. The van der Waals surface area contributed by atoms with Gasteiger partial charge >= 0.3 is 5.97 Å². The number of aromatic nitrogens is 5. The van der Waals surface area contributed by atoms with Crippen LogP contribution in [0.4, 0.5) is 17.5 Å². The van der Waals surface area contributed by atoms with E-state index < -0.39 is 17.5 Å². The van der Waals surface area contributed by atoms with E-state index in [9.17, 15) is 25.2 Å². The number of hydrogen-bond acceptors (Lipinski definition) is 12. The lowest BCUT2D eigenvalue weighted by Gasteiger charge is -2.33. The summed E-state index contributed by atoms with van der Waals surface area (Å²) in [5, 5.41) is 59.3. The highest BCUT2D eigenvalue weighted by atomic mass is 16.7. The van der Waals surface area contributed by atoms with Crippen molar-refractivity contribution in [1.82, 2.24) is 30.3 Å². The van der Waals surface area contributed by atoms with Crippen molar-refractivity contribution in [2.45, 2.75) is 24.1 Å². The summed E-state index contributed by atoms with van der Waals surface area (Å²) >= 11 is 0. The molecule has 15 heteroatoms. The maximum absolute atomic E-state index is 11.8. The van der Waals surface area contributed by atoms with Crippen LogP contribution in [-0.4, -0.2) is 84.2 Å². The molecule has 0 bridgehead atoms. The minimum atomic E-state index is -3.65. The number of aliphatic hydroxyl groups is 4. The monoisotopic (exact) mass is 441 g/mol. The van der Waals surface area contributed by atoms with E-state index in [1.165, 1.54) is 18.3 Å². The van der Waals surface area contributed by atoms with E-state index >= 15 is 0 Å². The first-order chi connectivity index (χ1) is 15.1. The number of nitrogens with zero attached hydrogens (tertiary/aromatic N) is 5. The van der Waals surface area contributed by atoms with Crippen molar-refractivity contribution in [3.63, 3.8) is 0 Å². The lowest BCUT2D eigenvalue weighted by Crippen LogP contribution is -2.56. The SMILES string of the molecule is [B]C(O)(n1ncc2cc(Nc3nc(N[C@@H]4CCNC4)nnc3C(N)=O)ccc21)C(O)(O)O. The fourth-order valence-corrected chi connectivity index (χ4v) is 3.26. The maximum atomic E-state index is 11.8. The molecule has 1 amide bonds. The van der Waals surface area contributed by atoms with Gasteiger partial charge in [-0.2, -0.15) is 10.1 Å². The Morgan fingerprint density at radius 3 is 2.72 bits per heavy atom. The van der Waals surface area contributed by atoms with Crippen molar-refractivity contribution < 1.29 is 25.2 Å². The zero-order valence-corrected chi connectivity index (χ0v) is 16.6. The summed E-state index contributed by atoms with van der Waals surface area (Å²) in [7, 11) is 5.43. The van der Waals surface area contributed by atoms with Crippen LogP contribution in [0, 0.1) is 0 Å². The Hall–Kier alpha value is -3.37. The Morgan fingerprint density at radius 1 is 1.28 bits per heavy atom. The Labute approximate surface area is 181 Å². The average Bonchev–Trinajstić information content (AvgIpc) is 3.36. The molecule has 0 aliphatic carbocycles. The lowest BCUT2D eigenvalue weighted by atomic mass is 9.88. The van der Waals surface area contributed by atoms with Gasteiger partial charge in [0, 0.05) is 23.7 Å². The van der Waals surface area contributed by atoms with Gasteiger partial charge in [0.25, 0.3) is 5.91 Å². The quantitative estimate of drug-likeness (QED) is 0.138. The van der Waals surface area contributed by atoms with E-state index in [2.05, 4.69) is 36.2 Å². The molecule has 2 aromatic heterocycles. The van der Waals surface area contributed by atoms with Crippen LogP contribution >= 0.6 is 0 Å². The molecule has 1 unspecified atom stereocenters. The van der Waals surface area contributed by atoms with Gasteiger partial charge in [-0.05, 0) is 31.2 Å². The number of primary amides is 1. The number of anilines is 3. The number of carbonyl (C=O) groups excluding carboxylic acids is 1. The molecule has 32 heavy (non-hydrogen) atoms. The van der Waals surface area contributed by atoms with Gasteiger partial charge in [0.15, 0.2) is 25.0 Å². The second-order valence-corrected chi connectivity index (χ2v) is 7.35. The van der Waals surface area contributed by atoms with Crippen LogP contribution in [0.25, 0.3) is 10.9 Å². The van der Waals surface area contributed by atoms with E-state index in [1.54, 1.807) is 6.07 Å². The number of hydrogen-bond donors (Lipinski definition) is 8. The molecule has 14 nitrogen and oxygen atoms in total. The van der Waals surface area contributed by atoms with Crippen LogP contribution in [0.5, 0.6) is 0 Å². The summed E-state index contributed by atoms with van der Waals surface area (Å²) in [6, 6.07) is 4.64. The lowest BCUT2D eigenvalue weighted by molar-refractivity contribution is -0.391. The van der Waals surface area contributed by atoms with Gasteiger partial charge in [0.1, 0.15) is 0 Å². The molecule has 9 N–H and O–H groups in total. The number of carbonyl (C=O) groups is 1. The average molecular weight is 441 g/mol. The summed E-state index contributed by atoms with van der Waals surface area (Å²) in [6.45, 7) is 1.61. The second-order valence-electron chi connectivity index (χ2n) is 7.35. The van der Waals surface area contributed by atoms with E-state index in [4.69, 9.17) is 13.6 Å². The third-order valence-electron chi connectivity index (χ3n) is 4.96. The van der Waals surface area contributed by atoms with E-state index in [0.717, 1.165) is 19.5 Å². The van der Waals surface area contributed by atoms with Crippen LogP contribution in [-0.2, 0) is 5.62 Å². The number of benzene rings is 1. The van der Waals surface area contributed by atoms with Crippen molar-refractivity contribution in [1.29, 1.82) is 0 Å². The molecule has 0 spiro atoms. The maximum Gasteiger partial charge on any atom is 0.317 e. The van der Waals surface area contributed by atoms with Crippen LogP contribution in [0.1, 0.15) is 16.9 Å². The molecule has 1 aliphatic rings. The van der Waals surface area contributed by atoms with Crippen LogP contribution < -0.4 is 21.7 Å². The summed E-state index contributed by atoms with van der Waals surface area (Å²) in [5.41, 5.74) is 2.82. The molecule has 0 saturated carbocycles. The van der Waals surface area contributed by atoms with Crippen molar-refractivity contribution in [3.8, 4) is 0 Å². The van der Waals surface area contributed by atoms with Crippen molar-refractivity contribution in [2.75, 3.05) is 23.7 Å². The first-order valence-electron chi connectivity index (χ1n) is 9.51. The van der Waals surface area contributed by atoms with Crippen LogP contribution in [0.3, 0.4) is 0 Å². The normalized spacial score (nSPS) is 18.4. The predicted octanol–water partition coefficient (Wildman–Crippen LogP) is -2.76. The minimum Gasteiger partial charge on any atom is -0.371 e. The molecular formula is C17H20BN9O5. The van der Waals surface area contributed by atoms with Gasteiger partial charge in [-0.25, -0.2) is 4.68 Å².